The van der Waals surface area contributed by atoms with Gasteiger partial charge in [-0.3, -0.25) is 0 Å². The first-order valence-electron chi connectivity index (χ1n) is 8.15. The van der Waals surface area contributed by atoms with Crippen LogP contribution in [0.5, 0.6) is 0 Å². The third kappa shape index (κ3) is 3.68. The highest BCUT2D eigenvalue weighted by atomic mass is 35.5. The van der Waals surface area contributed by atoms with Gasteiger partial charge in [-0.1, -0.05) is 53.5 Å². The molecule has 142 valence electrons. The number of aromatic nitrogens is 4. The zero-order chi connectivity index (χ0) is 19.9. The van der Waals surface area contributed by atoms with Crippen molar-refractivity contribution in [2.75, 3.05) is 0 Å². The second-order valence-corrected chi connectivity index (χ2v) is 6.92. The van der Waals surface area contributed by atoms with E-state index in [1.807, 2.05) is 0 Å². The van der Waals surface area contributed by atoms with Crippen molar-refractivity contribution in [2.45, 2.75) is 12.6 Å². The van der Waals surface area contributed by atoms with Gasteiger partial charge in [0.05, 0.1) is 5.02 Å². The van der Waals surface area contributed by atoms with E-state index in [4.69, 9.17) is 23.2 Å². The highest BCUT2D eigenvalue weighted by Gasteiger charge is 2.31. The third-order valence-electron chi connectivity index (χ3n) is 4.10. The molecule has 0 atom stereocenters. The van der Waals surface area contributed by atoms with Gasteiger partial charge in [0, 0.05) is 16.1 Å². The largest absolute Gasteiger partial charge is 0.396 e. The van der Waals surface area contributed by atoms with Crippen molar-refractivity contribution >= 4 is 28.8 Å². The summed E-state index contributed by atoms with van der Waals surface area (Å²) in [6.07, 6.45) is -5.66. The first-order valence-corrected chi connectivity index (χ1v) is 8.90. The minimum atomic E-state index is -4.43. The van der Waals surface area contributed by atoms with Crippen molar-refractivity contribution in [2.24, 2.45) is 0 Å². The fraction of sp³-hybridized carbons (Fsp3) is 0.105. The molecule has 0 unspecified atom stereocenters. The minimum Gasteiger partial charge on any atom is -0.196 e. The zero-order valence-corrected chi connectivity index (χ0v) is 15.6. The second-order valence-electron chi connectivity index (χ2n) is 6.07. The monoisotopic (exact) mass is 422 g/mol. The molecule has 4 aromatic rings. The molecule has 0 bridgehead atoms. The summed E-state index contributed by atoms with van der Waals surface area (Å²) in [5.41, 5.74) is 2.64. The molecule has 4 rings (SSSR count). The Hall–Kier alpha value is -2.64. The predicted molar refractivity (Wildman–Crippen MR) is 101 cm³/mol. The summed E-state index contributed by atoms with van der Waals surface area (Å²) >= 11 is 12.3. The summed E-state index contributed by atoms with van der Waals surface area (Å²) in [4.78, 5) is 0. The van der Waals surface area contributed by atoms with Gasteiger partial charge in [-0.05, 0) is 29.8 Å². The lowest BCUT2D eigenvalue weighted by Crippen LogP contribution is -2.15. The van der Waals surface area contributed by atoms with Crippen LogP contribution in [-0.4, -0.2) is 26.0 Å². The summed E-state index contributed by atoms with van der Waals surface area (Å²) in [6, 6.07) is 15.7. The molecule has 0 spiro atoms. The number of benzene rings is 2. The minimum absolute atomic E-state index is 0.208. The van der Waals surface area contributed by atoms with Gasteiger partial charge < -0.3 is 0 Å². The van der Waals surface area contributed by atoms with Crippen molar-refractivity contribution < 1.29 is 13.2 Å². The molecule has 2 heterocycles. The fourth-order valence-electron chi connectivity index (χ4n) is 2.87. The van der Waals surface area contributed by atoms with Gasteiger partial charge >= 0.3 is 6.18 Å². The first-order chi connectivity index (χ1) is 13.3. The molecule has 0 radical (unpaired) electrons. The molecule has 2 aromatic carbocycles. The van der Waals surface area contributed by atoms with Crippen LogP contribution in [0.15, 0.2) is 54.6 Å². The number of nitrogens with zero attached hydrogens (tertiary/aromatic N) is 4. The molecule has 4 nitrogen and oxygen atoms in total. The smallest absolute Gasteiger partial charge is 0.196 e. The average Bonchev–Trinajstić information content (AvgIpc) is 3.02. The highest BCUT2D eigenvalue weighted by molar-refractivity contribution is 6.33. The summed E-state index contributed by atoms with van der Waals surface area (Å²) in [5.74, 6) is -0.293. The van der Waals surface area contributed by atoms with Gasteiger partial charge in [-0.25, -0.2) is 0 Å². The Morgan fingerprint density at radius 3 is 2.29 bits per heavy atom. The van der Waals surface area contributed by atoms with E-state index in [1.54, 1.807) is 54.6 Å². The lowest BCUT2D eigenvalue weighted by molar-refractivity contribution is -0.128. The standard InChI is InChI=1S/C19H11Cl2F3N4/c20-12-7-5-11(6-8-12)14-9-16-25-26-17(10-19(22,23)24)28(16)27-18(14)13-3-1-2-4-15(13)21/h1-9H,10H2. The number of alkyl halides is 3. The van der Waals surface area contributed by atoms with Crippen molar-refractivity contribution in [1.29, 1.82) is 0 Å². The molecule has 2 aromatic heterocycles. The van der Waals surface area contributed by atoms with Crippen LogP contribution in [0.4, 0.5) is 13.2 Å². The summed E-state index contributed by atoms with van der Waals surface area (Å²) in [5, 5.41) is 12.9. The lowest BCUT2D eigenvalue weighted by Gasteiger charge is -2.12. The molecular formula is C19H11Cl2F3N4. The normalized spacial score (nSPS) is 11.9. The van der Waals surface area contributed by atoms with Crippen LogP contribution in [-0.2, 0) is 6.42 Å². The molecule has 0 amide bonds. The molecule has 0 N–H and O–H groups in total. The van der Waals surface area contributed by atoms with E-state index in [2.05, 4.69) is 15.3 Å². The number of hydrogen-bond acceptors (Lipinski definition) is 3. The Labute approximate surface area is 167 Å². The molecule has 0 aliphatic heterocycles. The molecule has 0 saturated carbocycles. The van der Waals surface area contributed by atoms with Crippen LogP contribution in [0.25, 0.3) is 28.0 Å². The maximum Gasteiger partial charge on any atom is 0.396 e. The average molecular weight is 423 g/mol. The van der Waals surface area contributed by atoms with E-state index in [9.17, 15) is 13.2 Å². The van der Waals surface area contributed by atoms with Crippen LogP contribution < -0.4 is 0 Å². The van der Waals surface area contributed by atoms with Crippen molar-refractivity contribution in [1.82, 2.24) is 19.8 Å². The van der Waals surface area contributed by atoms with E-state index in [0.29, 0.717) is 26.9 Å². The number of halogens is 5. The van der Waals surface area contributed by atoms with Crippen LogP contribution in [0, 0.1) is 0 Å². The molecule has 9 heteroatoms. The number of rotatable bonds is 3. The Balaban J connectivity index is 1.98. The maximum absolute atomic E-state index is 12.9. The van der Waals surface area contributed by atoms with Gasteiger partial charge in [0.1, 0.15) is 12.1 Å². The van der Waals surface area contributed by atoms with Gasteiger partial charge in [0.15, 0.2) is 11.5 Å². The number of hydrogen-bond donors (Lipinski definition) is 0. The van der Waals surface area contributed by atoms with Gasteiger partial charge in [0.2, 0.25) is 0 Å². The first kappa shape index (κ1) is 18.7. The Bertz CT molecular complexity index is 1150. The van der Waals surface area contributed by atoms with Crippen molar-refractivity contribution in [3.8, 4) is 22.4 Å². The number of fused-ring (bicyclic) bond motifs is 1. The van der Waals surface area contributed by atoms with Crippen LogP contribution >= 0.6 is 23.2 Å². The van der Waals surface area contributed by atoms with E-state index in [0.717, 1.165) is 10.1 Å². The Kier molecular flexibility index (Phi) is 4.72. The molecule has 28 heavy (non-hydrogen) atoms. The van der Waals surface area contributed by atoms with E-state index in [-0.39, 0.29) is 11.5 Å². The third-order valence-corrected chi connectivity index (χ3v) is 4.68. The van der Waals surface area contributed by atoms with E-state index >= 15 is 0 Å². The molecule has 0 saturated heterocycles. The molecule has 0 fully saturated rings. The second kappa shape index (κ2) is 7.07. The lowest BCUT2D eigenvalue weighted by atomic mass is 10.00. The zero-order valence-electron chi connectivity index (χ0n) is 14.1. The SMILES string of the molecule is FC(F)(F)Cc1nnc2cc(-c3ccc(Cl)cc3)c(-c3ccccc3Cl)nn12. The van der Waals surface area contributed by atoms with Crippen molar-refractivity contribution in [3.05, 3.63) is 70.5 Å². The van der Waals surface area contributed by atoms with Crippen molar-refractivity contribution in [3.63, 3.8) is 0 Å². The highest BCUT2D eigenvalue weighted by Crippen LogP contribution is 2.35. The quantitative estimate of drug-likeness (QED) is 0.414. The Morgan fingerprint density at radius 2 is 1.61 bits per heavy atom. The summed E-state index contributed by atoms with van der Waals surface area (Å²) in [6.45, 7) is 0. The maximum atomic E-state index is 12.9. The summed E-state index contributed by atoms with van der Waals surface area (Å²) < 4.78 is 39.7. The van der Waals surface area contributed by atoms with Crippen LogP contribution in [0.1, 0.15) is 5.82 Å². The van der Waals surface area contributed by atoms with E-state index in [1.165, 1.54) is 0 Å². The van der Waals surface area contributed by atoms with Crippen LogP contribution in [0.3, 0.4) is 0 Å². The molecular weight excluding hydrogens is 412 g/mol. The molecule has 0 aliphatic carbocycles. The van der Waals surface area contributed by atoms with Gasteiger partial charge in [0.25, 0.3) is 0 Å². The topological polar surface area (TPSA) is 43.1 Å². The van der Waals surface area contributed by atoms with Gasteiger partial charge in [-0.15, -0.1) is 10.2 Å². The predicted octanol–water partition coefficient (Wildman–Crippen LogP) is 5.87. The van der Waals surface area contributed by atoms with Gasteiger partial charge in [-0.2, -0.15) is 22.8 Å². The van der Waals surface area contributed by atoms with Crippen LogP contribution in [0.2, 0.25) is 10.0 Å². The summed E-state index contributed by atoms with van der Waals surface area (Å²) in [7, 11) is 0. The fourth-order valence-corrected chi connectivity index (χ4v) is 3.22. The van der Waals surface area contributed by atoms with E-state index < -0.39 is 12.6 Å². The Morgan fingerprint density at radius 1 is 0.893 bits per heavy atom. The molecule has 0 aliphatic rings.